The summed E-state index contributed by atoms with van der Waals surface area (Å²) >= 11 is 0. The number of pyridine rings is 1. The Hall–Kier alpha value is -3.70. The fraction of sp³-hybridized carbons (Fsp3) is 0.241. The molecular weight excluding hydrogens is 422 g/mol. The molecule has 1 saturated carbocycles. The SMILES string of the molecule is CC[C@H](NC(=O)c1c(CNC2CC2)n(-c2ccccc2)c(=O)c2ccccc12)c1ccccc1. The Balaban J connectivity index is 1.69. The number of aromatic nitrogens is 1. The minimum absolute atomic E-state index is 0.110. The number of hydrogen-bond acceptors (Lipinski definition) is 3. The molecule has 5 heteroatoms. The van der Waals surface area contributed by atoms with Crippen LogP contribution in [0.4, 0.5) is 0 Å². The lowest BCUT2D eigenvalue weighted by molar-refractivity contribution is 0.0935. The van der Waals surface area contributed by atoms with Crippen LogP contribution in [-0.4, -0.2) is 16.5 Å². The van der Waals surface area contributed by atoms with Crippen LogP contribution in [0.2, 0.25) is 0 Å². The van der Waals surface area contributed by atoms with E-state index < -0.39 is 0 Å². The van der Waals surface area contributed by atoms with Gasteiger partial charge in [0.05, 0.1) is 17.3 Å². The monoisotopic (exact) mass is 451 g/mol. The fourth-order valence-corrected chi connectivity index (χ4v) is 4.53. The second-order valence-corrected chi connectivity index (χ2v) is 8.84. The number of fused-ring (bicyclic) bond motifs is 1. The van der Waals surface area contributed by atoms with Crippen LogP contribution in [0.5, 0.6) is 0 Å². The topological polar surface area (TPSA) is 63.1 Å². The predicted molar refractivity (Wildman–Crippen MR) is 136 cm³/mol. The van der Waals surface area contributed by atoms with E-state index in [4.69, 9.17) is 0 Å². The molecule has 34 heavy (non-hydrogen) atoms. The molecule has 1 fully saturated rings. The lowest BCUT2D eigenvalue weighted by atomic mass is 9.99. The zero-order valence-electron chi connectivity index (χ0n) is 19.3. The first-order chi connectivity index (χ1) is 16.7. The first-order valence-electron chi connectivity index (χ1n) is 12.0. The van der Waals surface area contributed by atoms with Gasteiger partial charge in [-0.25, -0.2) is 0 Å². The first kappa shape index (κ1) is 22.1. The smallest absolute Gasteiger partial charge is 0.263 e. The predicted octanol–water partition coefficient (Wildman–Crippen LogP) is 5.12. The summed E-state index contributed by atoms with van der Waals surface area (Å²) in [6.07, 6.45) is 3.01. The largest absolute Gasteiger partial charge is 0.345 e. The molecule has 1 aliphatic carbocycles. The third-order valence-corrected chi connectivity index (χ3v) is 6.48. The molecule has 0 aliphatic heterocycles. The fourth-order valence-electron chi connectivity index (χ4n) is 4.53. The molecule has 0 saturated heterocycles. The third-order valence-electron chi connectivity index (χ3n) is 6.48. The number of benzene rings is 3. The van der Waals surface area contributed by atoms with Crippen molar-refractivity contribution in [1.82, 2.24) is 15.2 Å². The van der Waals surface area contributed by atoms with Crippen LogP contribution in [0.1, 0.15) is 53.8 Å². The Labute approximate surface area is 199 Å². The van der Waals surface area contributed by atoms with E-state index in [1.807, 2.05) is 78.9 Å². The molecule has 1 aliphatic rings. The highest BCUT2D eigenvalue weighted by atomic mass is 16.2. The Morgan fingerprint density at radius 3 is 2.18 bits per heavy atom. The normalized spacial score (nSPS) is 14.1. The number of nitrogens with one attached hydrogen (secondary N) is 2. The summed E-state index contributed by atoms with van der Waals surface area (Å²) < 4.78 is 1.70. The minimum Gasteiger partial charge on any atom is -0.345 e. The van der Waals surface area contributed by atoms with Crippen LogP contribution in [0, 0.1) is 0 Å². The molecule has 3 aromatic carbocycles. The van der Waals surface area contributed by atoms with E-state index in [0.717, 1.165) is 30.5 Å². The average Bonchev–Trinajstić information content (AvgIpc) is 3.71. The second kappa shape index (κ2) is 9.65. The zero-order valence-corrected chi connectivity index (χ0v) is 19.3. The quantitative estimate of drug-likeness (QED) is 0.391. The molecule has 1 aromatic heterocycles. The maximum atomic E-state index is 13.9. The summed E-state index contributed by atoms with van der Waals surface area (Å²) in [5.41, 5.74) is 2.97. The van der Waals surface area contributed by atoms with Gasteiger partial charge in [0.15, 0.2) is 0 Å². The highest BCUT2D eigenvalue weighted by Crippen LogP contribution is 2.26. The molecule has 1 atom stereocenters. The molecule has 2 N–H and O–H groups in total. The lowest BCUT2D eigenvalue weighted by Gasteiger charge is -2.23. The summed E-state index contributed by atoms with van der Waals surface area (Å²) in [5, 5.41) is 8.01. The van der Waals surface area contributed by atoms with Crippen molar-refractivity contribution in [3.05, 3.63) is 112 Å². The van der Waals surface area contributed by atoms with Crippen molar-refractivity contribution < 1.29 is 4.79 Å². The molecular formula is C29H29N3O2. The number of rotatable bonds is 8. The van der Waals surface area contributed by atoms with Crippen molar-refractivity contribution in [3.8, 4) is 5.69 Å². The molecule has 0 spiro atoms. The van der Waals surface area contributed by atoms with Crippen molar-refractivity contribution in [2.75, 3.05) is 0 Å². The number of hydrogen-bond donors (Lipinski definition) is 2. The molecule has 5 rings (SSSR count). The van der Waals surface area contributed by atoms with Gasteiger partial charge in [0.25, 0.3) is 11.5 Å². The van der Waals surface area contributed by atoms with Crippen molar-refractivity contribution in [3.63, 3.8) is 0 Å². The van der Waals surface area contributed by atoms with Crippen molar-refractivity contribution >= 4 is 16.7 Å². The van der Waals surface area contributed by atoms with E-state index in [9.17, 15) is 9.59 Å². The molecule has 172 valence electrons. The van der Waals surface area contributed by atoms with Crippen molar-refractivity contribution in [1.29, 1.82) is 0 Å². The van der Waals surface area contributed by atoms with Crippen LogP contribution >= 0.6 is 0 Å². The van der Waals surface area contributed by atoms with Gasteiger partial charge in [-0.2, -0.15) is 0 Å². The molecule has 0 unspecified atom stereocenters. The number of carbonyl (C=O) groups is 1. The number of nitrogens with zero attached hydrogens (tertiary/aromatic N) is 1. The highest BCUT2D eigenvalue weighted by molar-refractivity contribution is 6.08. The van der Waals surface area contributed by atoms with Gasteiger partial charge >= 0.3 is 0 Å². The van der Waals surface area contributed by atoms with Gasteiger partial charge in [0.1, 0.15) is 0 Å². The Morgan fingerprint density at radius 2 is 1.53 bits per heavy atom. The maximum Gasteiger partial charge on any atom is 0.263 e. The molecule has 4 aromatic rings. The van der Waals surface area contributed by atoms with E-state index in [1.165, 1.54) is 0 Å². The van der Waals surface area contributed by atoms with Gasteiger partial charge < -0.3 is 10.6 Å². The summed E-state index contributed by atoms with van der Waals surface area (Å²) in [5.74, 6) is -0.163. The minimum atomic E-state index is -0.163. The highest BCUT2D eigenvalue weighted by Gasteiger charge is 2.27. The van der Waals surface area contributed by atoms with E-state index >= 15 is 0 Å². The average molecular weight is 452 g/mol. The van der Waals surface area contributed by atoms with Gasteiger partial charge in [-0.1, -0.05) is 73.7 Å². The van der Waals surface area contributed by atoms with Gasteiger partial charge in [-0.15, -0.1) is 0 Å². The van der Waals surface area contributed by atoms with Crippen LogP contribution in [0.15, 0.2) is 89.7 Å². The number of carbonyl (C=O) groups excluding carboxylic acids is 1. The molecule has 1 amide bonds. The maximum absolute atomic E-state index is 13.9. The van der Waals surface area contributed by atoms with Crippen LogP contribution < -0.4 is 16.2 Å². The Kier molecular flexibility index (Phi) is 6.28. The van der Waals surface area contributed by atoms with Crippen molar-refractivity contribution in [2.24, 2.45) is 0 Å². The third kappa shape index (κ3) is 4.39. The van der Waals surface area contributed by atoms with E-state index in [2.05, 4.69) is 17.6 Å². The Bertz CT molecular complexity index is 1360. The first-order valence-corrected chi connectivity index (χ1v) is 12.0. The van der Waals surface area contributed by atoms with Crippen molar-refractivity contribution in [2.45, 2.75) is 44.8 Å². The van der Waals surface area contributed by atoms with Crippen LogP contribution in [0.25, 0.3) is 16.5 Å². The van der Waals surface area contributed by atoms with E-state index in [-0.39, 0.29) is 17.5 Å². The number of amides is 1. The zero-order chi connectivity index (χ0) is 23.5. The van der Waals surface area contributed by atoms with Gasteiger partial charge in [0.2, 0.25) is 0 Å². The molecule has 0 bridgehead atoms. The van der Waals surface area contributed by atoms with Crippen LogP contribution in [-0.2, 0) is 6.54 Å². The molecule has 1 heterocycles. The number of para-hydroxylation sites is 1. The molecule has 0 radical (unpaired) electrons. The van der Waals surface area contributed by atoms with E-state index in [1.54, 1.807) is 10.6 Å². The summed E-state index contributed by atoms with van der Waals surface area (Å²) in [4.78, 5) is 27.6. The standard InChI is InChI=1S/C29H29N3O2/c1-2-25(20-11-5-3-6-12-20)31-28(33)27-23-15-9-10-16-24(23)29(34)32(22-13-7-4-8-14-22)26(27)19-30-21-17-18-21/h3-16,21,25,30H,2,17-19H2,1H3,(H,31,33)/t25-/m0/s1. The molecule has 5 nitrogen and oxygen atoms in total. The summed E-state index contributed by atoms with van der Waals surface area (Å²) in [6, 6.07) is 27.3. The second-order valence-electron chi connectivity index (χ2n) is 8.84. The van der Waals surface area contributed by atoms with Gasteiger partial charge in [0, 0.05) is 29.0 Å². The van der Waals surface area contributed by atoms with E-state index in [0.29, 0.717) is 34.6 Å². The Morgan fingerprint density at radius 1 is 0.912 bits per heavy atom. The summed E-state index contributed by atoms with van der Waals surface area (Å²) in [6.45, 7) is 2.51. The van der Waals surface area contributed by atoms with Gasteiger partial charge in [-0.05, 0) is 43.0 Å². The lowest BCUT2D eigenvalue weighted by Crippen LogP contribution is -2.34. The van der Waals surface area contributed by atoms with Gasteiger partial charge in [-0.3, -0.25) is 14.2 Å². The van der Waals surface area contributed by atoms with Crippen LogP contribution in [0.3, 0.4) is 0 Å². The summed E-state index contributed by atoms with van der Waals surface area (Å²) in [7, 11) is 0.